The van der Waals surface area contributed by atoms with Gasteiger partial charge in [0.25, 0.3) is 11.5 Å². The molecule has 10 nitrogen and oxygen atoms in total. The van der Waals surface area contributed by atoms with Crippen LogP contribution in [0.5, 0.6) is 5.75 Å². The quantitative estimate of drug-likeness (QED) is 0.344. The van der Waals surface area contributed by atoms with E-state index >= 15 is 0 Å². The molecule has 0 saturated heterocycles. The summed E-state index contributed by atoms with van der Waals surface area (Å²) in [5.41, 5.74) is 0.614. The fraction of sp³-hybridized carbons (Fsp3) is 0.304. The van der Waals surface area contributed by atoms with Crippen LogP contribution in [0.1, 0.15) is 27.9 Å². The molecule has 0 saturated carbocycles. The van der Waals surface area contributed by atoms with Gasteiger partial charge in [0.1, 0.15) is 16.9 Å². The number of rotatable bonds is 9. The number of ether oxygens (including phenoxy) is 1. The molecule has 0 spiro atoms. The molecule has 180 valence electrons. The lowest BCUT2D eigenvalue weighted by molar-refractivity contribution is 0.0940. The number of nitrogens with zero attached hydrogens (tertiary/aromatic N) is 2. The maximum Gasteiger partial charge on any atom is 0.406 e. The molecule has 2 aromatic heterocycles. The molecule has 0 bridgehead atoms. The van der Waals surface area contributed by atoms with Crippen LogP contribution in [0, 0.1) is 5.82 Å². The molecule has 0 aliphatic heterocycles. The van der Waals surface area contributed by atoms with Crippen molar-refractivity contribution >= 4 is 23.0 Å². The number of alkyl carbamates (subject to hydrolysis) is 1. The number of carbonyl (C=O) groups excluding carboxylic acids is 2. The van der Waals surface area contributed by atoms with Gasteiger partial charge in [-0.25, -0.2) is 9.18 Å². The van der Waals surface area contributed by atoms with Crippen molar-refractivity contribution in [2.45, 2.75) is 19.4 Å². The Labute approximate surface area is 194 Å². The Balaban J connectivity index is 2.03. The van der Waals surface area contributed by atoms with Gasteiger partial charge in [-0.1, -0.05) is 12.1 Å². The highest BCUT2D eigenvalue weighted by Gasteiger charge is 2.23. The second-order valence-corrected chi connectivity index (χ2v) is 7.41. The number of aliphatic hydroxyl groups excluding tert-OH is 1. The number of carbonyl (C=O) groups is 2. The summed E-state index contributed by atoms with van der Waals surface area (Å²) in [7, 11) is 1.42. The summed E-state index contributed by atoms with van der Waals surface area (Å²) < 4.78 is 19.5. The van der Waals surface area contributed by atoms with E-state index in [1.165, 1.54) is 29.9 Å². The molecule has 3 rings (SSSR count). The number of aromatic hydroxyl groups is 1. The van der Waals surface area contributed by atoms with E-state index in [1.807, 2.05) is 0 Å². The van der Waals surface area contributed by atoms with E-state index in [0.717, 1.165) is 5.56 Å². The molecule has 2 heterocycles. The Kier molecular flexibility index (Phi) is 8.14. The van der Waals surface area contributed by atoms with Gasteiger partial charge in [0.2, 0.25) is 0 Å². The standard InChI is InChI=1S/C23H25FN4O6/c1-25-23(33)34-10-2-8-28-17-12-15(11-14-3-5-16(24)6-4-14)13-27-19(17)20(30)18(22(28)32)21(31)26-7-9-29/h3-6,12-13,29-30H,2,7-11H2,1H3,(H,25,33)(H,26,31). The third kappa shape index (κ3) is 5.67. The first kappa shape index (κ1) is 24.6. The predicted molar refractivity (Wildman–Crippen MR) is 121 cm³/mol. The van der Waals surface area contributed by atoms with E-state index in [4.69, 9.17) is 9.84 Å². The third-order valence-corrected chi connectivity index (χ3v) is 5.04. The summed E-state index contributed by atoms with van der Waals surface area (Å²) >= 11 is 0. The number of benzene rings is 1. The van der Waals surface area contributed by atoms with Crippen LogP contribution in [0.4, 0.5) is 9.18 Å². The van der Waals surface area contributed by atoms with Crippen molar-refractivity contribution in [3.8, 4) is 5.75 Å². The molecule has 34 heavy (non-hydrogen) atoms. The largest absolute Gasteiger partial charge is 0.505 e. The van der Waals surface area contributed by atoms with E-state index in [9.17, 15) is 23.9 Å². The van der Waals surface area contributed by atoms with Crippen molar-refractivity contribution in [1.29, 1.82) is 0 Å². The normalized spacial score (nSPS) is 10.8. The molecule has 1 aromatic carbocycles. The highest BCUT2D eigenvalue weighted by Crippen LogP contribution is 2.26. The highest BCUT2D eigenvalue weighted by molar-refractivity contribution is 6.01. The number of halogens is 1. The first-order valence-corrected chi connectivity index (χ1v) is 10.6. The van der Waals surface area contributed by atoms with Gasteiger partial charge in [0, 0.05) is 26.3 Å². The minimum Gasteiger partial charge on any atom is -0.505 e. The molecule has 2 amide bonds. The number of aromatic nitrogens is 2. The molecule has 0 fully saturated rings. The lowest BCUT2D eigenvalue weighted by Gasteiger charge is -2.15. The van der Waals surface area contributed by atoms with Crippen LogP contribution in [-0.4, -0.2) is 58.6 Å². The monoisotopic (exact) mass is 472 g/mol. The molecular weight excluding hydrogens is 447 g/mol. The van der Waals surface area contributed by atoms with Gasteiger partial charge in [-0.2, -0.15) is 0 Å². The number of hydrogen-bond donors (Lipinski definition) is 4. The fourth-order valence-electron chi connectivity index (χ4n) is 3.43. The van der Waals surface area contributed by atoms with E-state index in [-0.39, 0.29) is 44.1 Å². The van der Waals surface area contributed by atoms with E-state index < -0.39 is 28.9 Å². The first-order valence-electron chi connectivity index (χ1n) is 10.6. The Hall–Kier alpha value is -3.99. The summed E-state index contributed by atoms with van der Waals surface area (Å²) in [4.78, 5) is 41.3. The average molecular weight is 472 g/mol. The summed E-state index contributed by atoms with van der Waals surface area (Å²) in [6, 6.07) is 7.62. The molecule has 11 heteroatoms. The lowest BCUT2D eigenvalue weighted by atomic mass is 10.1. The second kappa shape index (κ2) is 11.2. The number of aliphatic hydroxyl groups is 1. The molecule has 4 N–H and O–H groups in total. The van der Waals surface area contributed by atoms with Crippen LogP contribution in [0.3, 0.4) is 0 Å². The second-order valence-electron chi connectivity index (χ2n) is 7.41. The minimum atomic E-state index is -0.842. The topological polar surface area (TPSA) is 143 Å². The number of amides is 2. The van der Waals surface area contributed by atoms with Crippen LogP contribution in [-0.2, 0) is 17.7 Å². The molecule has 0 unspecified atom stereocenters. The molecule has 3 aromatic rings. The van der Waals surface area contributed by atoms with Crippen LogP contribution >= 0.6 is 0 Å². The van der Waals surface area contributed by atoms with Crippen LogP contribution in [0.15, 0.2) is 41.3 Å². The first-order chi connectivity index (χ1) is 16.3. The van der Waals surface area contributed by atoms with E-state index in [1.54, 1.807) is 18.2 Å². The zero-order chi connectivity index (χ0) is 24.7. The Bertz CT molecular complexity index is 1240. The molecule has 0 radical (unpaired) electrons. The minimum absolute atomic E-state index is 0.0171. The van der Waals surface area contributed by atoms with E-state index in [2.05, 4.69) is 15.6 Å². The van der Waals surface area contributed by atoms with Crippen LogP contribution < -0.4 is 16.2 Å². The maximum atomic E-state index is 13.2. The number of nitrogens with one attached hydrogen (secondary N) is 2. The average Bonchev–Trinajstić information content (AvgIpc) is 2.83. The molecule has 0 atom stereocenters. The highest BCUT2D eigenvalue weighted by atomic mass is 19.1. The van der Waals surface area contributed by atoms with Crippen molar-refractivity contribution in [3.63, 3.8) is 0 Å². The van der Waals surface area contributed by atoms with Gasteiger partial charge in [-0.15, -0.1) is 0 Å². The van der Waals surface area contributed by atoms with Gasteiger partial charge in [-0.05, 0) is 42.2 Å². The van der Waals surface area contributed by atoms with Gasteiger partial charge in [-0.3, -0.25) is 14.6 Å². The number of fused-ring (bicyclic) bond motifs is 1. The zero-order valence-electron chi connectivity index (χ0n) is 18.5. The fourth-order valence-corrected chi connectivity index (χ4v) is 3.43. The lowest BCUT2D eigenvalue weighted by Crippen LogP contribution is -2.35. The van der Waals surface area contributed by atoms with E-state index in [0.29, 0.717) is 17.5 Å². The van der Waals surface area contributed by atoms with Crippen molar-refractivity contribution < 1.29 is 28.9 Å². The summed E-state index contributed by atoms with van der Waals surface area (Å²) in [6.45, 7) is -0.340. The number of hydrogen-bond acceptors (Lipinski definition) is 7. The maximum absolute atomic E-state index is 13.2. The van der Waals surface area contributed by atoms with Gasteiger partial charge in [0.05, 0.1) is 18.7 Å². The zero-order valence-corrected chi connectivity index (χ0v) is 18.5. The van der Waals surface area contributed by atoms with Crippen LogP contribution in [0.25, 0.3) is 11.0 Å². The molecule has 0 aliphatic rings. The Morgan fingerprint density at radius 3 is 2.62 bits per heavy atom. The van der Waals surface area contributed by atoms with Crippen molar-refractivity contribution in [2.24, 2.45) is 0 Å². The van der Waals surface area contributed by atoms with Crippen molar-refractivity contribution in [2.75, 3.05) is 26.8 Å². The summed E-state index contributed by atoms with van der Waals surface area (Å²) in [6.07, 6.45) is 1.55. The Morgan fingerprint density at radius 2 is 1.94 bits per heavy atom. The predicted octanol–water partition coefficient (Wildman–Crippen LogP) is 1.30. The van der Waals surface area contributed by atoms with Gasteiger partial charge < -0.3 is 30.2 Å². The SMILES string of the molecule is CNC(=O)OCCCn1c(=O)c(C(=O)NCCO)c(O)c2ncc(Cc3ccc(F)cc3)cc21. The third-order valence-electron chi connectivity index (χ3n) is 5.04. The molecular formula is C23H25FN4O6. The Morgan fingerprint density at radius 1 is 1.21 bits per heavy atom. The number of pyridine rings is 2. The molecule has 0 aliphatic carbocycles. The van der Waals surface area contributed by atoms with Crippen LogP contribution in [0.2, 0.25) is 0 Å². The smallest absolute Gasteiger partial charge is 0.406 e. The van der Waals surface area contributed by atoms with Crippen molar-refractivity contribution in [3.05, 3.63) is 69.4 Å². The number of aryl methyl sites for hydroxylation is 1. The van der Waals surface area contributed by atoms with Gasteiger partial charge in [0.15, 0.2) is 5.75 Å². The summed E-state index contributed by atoms with van der Waals surface area (Å²) in [5, 5.41) is 24.3. The van der Waals surface area contributed by atoms with Crippen molar-refractivity contribution in [1.82, 2.24) is 20.2 Å². The summed E-state index contributed by atoms with van der Waals surface area (Å²) in [5.74, 6) is -1.77. The van der Waals surface area contributed by atoms with Gasteiger partial charge >= 0.3 is 6.09 Å².